The van der Waals surface area contributed by atoms with Crippen molar-refractivity contribution in [3.8, 4) is 5.75 Å². The largest absolute Gasteiger partial charge is 0.494 e. The molecule has 0 aliphatic carbocycles. The quantitative estimate of drug-likeness (QED) is 0.833. The summed E-state index contributed by atoms with van der Waals surface area (Å²) in [5, 5.41) is 3.33. The highest BCUT2D eigenvalue weighted by Crippen LogP contribution is 2.12. The van der Waals surface area contributed by atoms with E-state index in [1.165, 1.54) is 4.88 Å². The third-order valence-corrected chi connectivity index (χ3v) is 3.62. The van der Waals surface area contributed by atoms with Crippen molar-refractivity contribution in [2.45, 2.75) is 18.9 Å². The molecule has 0 aliphatic rings. The number of thiazole rings is 1. The molecular weight excluding hydrogens is 244 g/mol. The first kappa shape index (κ1) is 13.1. The zero-order chi connectivity index (χ0) is 12.6. The molecule has 0 fully saturated rings. The van der Waals surface area contributed by atoms with E-state index in [1.807, 2.05) is 49.1 Å². The van der Waals surface area contributed by atoms with Gasteiger partial charge in [0.25, 0.3) is 0 Å². The standard InChI is InChI=1S/C14H18N2OS/c1-15-12(9-14-10-16-11-18-14)7-8-17-13-5-3-2-4-6-13/h2-6,10-12,15H,7-9H2,1H3. The van der Waals surface area contributed by atoms with Gasteiger partial charge in [0.2, 0.25) is 0 Å². The lowest BCUT2D eigenvalue weighted by molar-refractivity contribution is 0.288. The van der Waals surface area contributed by atoms with Crippen molar-refractivity contribution >= 4 is 11.3 Å². The second-order valence-electron chi connectivity index (χ2n) is 4.11. The predicted molar refractivity (Wildman–Crippen MR) is 75.2 cm³/mol. The lowest BCUT2D eigenvalue weighted by Crippen LogP contribution is -2.29. The molecule has 0 spiro atoms. The van der Waals surface area contributed by atoms with Gasteiger partial charge >= 0.3 is 0 Å². The van der Waals surface area contributed by atoms with Crippen LogP contribution in [-0.2, 0) is 6.42 Å². The Morgan fingerprint density at radius 3 is 2.83 bits per heavy atom. The molecule has 0 radical (unpaired) electrons. The number of benzene rings is 1. The van der Waals surface area contributed by atoms with Crippen LogP contribution in [0.5, 0.6) is 5.75 Å². The van der Waals surface area contributed by atoms with Gasteiger partial charge in [-0.3, -0.25) is 4.98 Å². The molecule has 0 saturated carbocycles. The highest BCUT2D eigenvalue weighted by molar-refractivity contribution is 7.09. The second kappa shape index (κ2) is 7.13. The maximum atomic E-state index is 5.71. The second-order valence-corrected chi connectivity index (χ2v) is 5.08. The molecule has 2 aromatic rings. The fourth-order valence-electron chi connectivity index (χ4n) is 1.77. The Hall–Kier alpha value is -1.39. The first-order chi connectivity index (χ1) is 8.88. The Morgan fingerprint density at radius 1 is 1.33 bits per heavy atom. The average Bonchev–Trinajstić information content (AvgIpc) is 2.92. The Morgan fingerprint density at radius 2 is 2.17 bits per heavy atom. The fraction of sp³-hybridized carbons (Fsp3) is 0.357. The number of nitrogens with zero attached hydrogens (tertiary/aromatic N) is 1. The van der Waals surface area contributed by atoms with Crippen LogP contribution in [0.15, 0.2) is 42.0 Å². The summed E-state index contributed by atoms with van der Waals surface area (Å²) >= 11 is 1.70. The van der Waals surface area contributed by atoms with Crippen LogP contribution in [0, 0.1) is 0 Å². The SMILES string of the molecule is CNC(CCOc1ccccc1)Cc1cncs1. The first-order valence-electron chi connectivity index (χ1n) is 6.11. The Kier molecular flexibility index (Phi) is 5.17. The minimum atomic E-state index is 0.439. The summed E-state index contributed by atoms with van der Waals surface area (Å²) in [5.41, 5.74) is 1.88. The number of para-hydroxylation sites is 1. The summed E-state index contributed by atoms with van der Waals surface area (Å²) < 4.78 is 5.71. The van der Waals surface area contributed by atoms with E-state index in [0.29, 0.717) is 6.04 Å². The monoisotopic (exact) mass is 262 g/mol. The molecule has 1 heterocycles. The molecule has 96 valence electrons. The van der Waals surface area contributed by atoms with Crippen molar-refractivity contribution < 1.29 is 4.74 Å². The lowest BCUT2D eigenvalue weighted by atomic mass is 10.1. The summed E-state index contributed by atoms with van der Waals surface area (Å²) in [6.45, 7) is 0.730. The van der Waals surface area contributed by atoms with Gasteiger partial charge in [0, 0.05) is 17.1 Å². The molecule has 0 aliphatic heterocycles. The highest BCUT2D eigenvalue weighted by Gasteiger charge is 2.08. The number of nitrogens with one attached hydrogen (secondary N) is 1. The zero-order valence-corrected chi connectivity index (χ0v) is 11.3. The topological polar surface area (TPSA) is 34.1 Å². The van der Waals surface area contributed by atoms with E-state index < -0.39 is 0 Å². The van der Waals surface area contributed by atoms with Gasteiger partial charge in [0.1, 0.15) is 5.75 Å². The van der Waals surface area contributed by atoms with Crippen LogP contribution in [0.2, 0.25) is 0 Å². The molecule has 1 aromatic carbocycles. The number of rotatable bonds is 7. The van der Waals surface area contributed by atoms with E-state index in [1.54, 1.807) is 11.3 Å². The molecule has 2 rings (SSSR count). The van der Waals surface area contributed by atoms with Gasteiger partial charge in [0.15, 0.2) is 0 Å². The van der Waals surface area contributed by atoms with Crippen LogP contribution in [0.3, 0.4) is 0 Å². The highest BCUT2D eigenvalue weighted by atomic mass is 32.1. The van der Waals surface area contributed by atoms with Crippen LogP contribution in [0.1, 0.15) is 11.3 Å². The molecule has 0 saturated heterocycles. The van der Waals surface area contributed by atoms with Crippen molar-refractivity contribution in [3.63, 3.8) is 0 Å². The molecule has 0 amide bonds. The summed E-state index contributed by atoms with van der Waals surface area (Å²) in [4.78, 5) is 5.41. The molecule has 0 bridgehead atoms. The minimum Gasteiger partial charge on any atom is -0.494 e. The lowest BCUT2D eigenvalue weighted by Gasteiger charge is -2.15. The molecule has 1 atom stereocenters. The molecule has 1 N–H and O–H groups in total. The normalized spacial score (nSPS) is 12.3. The van der Waals surface area contributed by atoms with Crippen LogP contribution >= 0.6 is 11.3 Å². The van der Waals surface area contributed by atoms with Crippen LogP contribution in [0.25, 0.3) is 0 Å². The van der Waals surface area contributed by atoms with Gasteiger partial charge in [-0.2, -0.15) is 0 Å². The number of hydrogen-bond donors (Lipinski definition) is 1. The van der Waals surface area contributed by atoms with E-state index in [-0.39, 0.29) is 0 Å². The average molecular weight is 262 g/mol. The summed E-state index contributed by atoms with van der Waals surface area (Å²) in [6, 6.07) is 10.4. The van der Waals surface area contributed by atoms with E-state index in [0.717, 1.165) is 25.2 Å². The van der Waals surface area contributed by atoms with Crippen molar-refractivity contribution in [1.82, 2.24) is 10.3 Å². The van der Waals surface area contributed by atoms with Crippen LogP contribution in [-0.4, -0.2) is 24.7 Å². The first-order valence-corrected chi connectivity index (χ1v) is 6.99. The van der Waals surface area contributed by atoms with Gasteiger partial charge in [-0.15, -0.1) is 11.3 Å². The van der Waals surface area contributed by atoms with E-state index in [2.05, 4.69) is 10.3 Å². The van der Waals surface area contributed by atoms with Crippen molar-refractivity contribution in [2.24, 2.45) is 0 Å². The molecule has 3 nitrogen and oxygen atoms in total. The summed E-state index contributed by atoms with van der Waals surface area (Å²) in [6.07, 6.45) is 3.94. The molecule has 1 aromatic heterocycles. The molecule has 4 heteroatoms. The summed E-state index contributed by atoms with van der Waals surface area (Å²) in [7, 11) is 1.99. The maximum absolute atomic E-state index is 5.71. The Bertz CT molecular complexity index is 430. The minimum absolute atomic E-state index is 0.439. The molecular formula is C14H18N2OS. The third-order valence-electron chi connectivity index (χ3n) is 2.82. The van der Waals surface area contributed by atoms with Crippen molar-refractivity contribution in [2.75, 3.05) is 13.7 Å². The number of aromatic nitrogens is 1. The zero-order valence-electron chi connectivity index (χ0n) is 10.5. The number of hydrogen-bond acceptors (Lipinski definition) is 4. The predicted octanol–water partition coefficient (Wildman–Crippen LogP) is 2.74. The third kappa shape index (κ3) is 4.13. The summed E-state index contributed by atoms with van der Waals surface area (Å²) in [5.74, 6) is 0.935. The smallest absolute Gasteiger partial charge is 0.119 e. The van der Waals surface area contributed by atoms with Gasteiger partial charge in [0.05, 0.1) is 12.1 Å². The van der Waals surface area contributed by atoms with Gasteiger partial charge in [-0.25, -0.2) is 0 Å². The van der Waals surface area contributed by atoms with E-state index in [9.17, 15) is 0 Å². The molecule has 1 unspecified atom stereocenters. The number of ether oxygens (including phenoxy) is 1. The molecule has 18 heavy (non-hydrogen) atoms. The van der Waals surface area contributed by atoms with Gasteiger partial charge in [-0.1, -0.05) is 18.2 Å². The fourth-order valence-corrected chi connectivity index (χ4v) is 2.45. The Balaban J connectivity index is 1.74. The van der Waals surface area contributed by atoms with E-state index >= 15 is 0 Å². The van der Waals surface area contributed by atoms with Crippen molar-refractivity contribution in [3.05, 3.63) is 46.9 Å². The number of likely N-dealkylation sites (N-methyl/N-ethyl adjacent to an activating group) is 1. The maximum Gasteiger partial charge on any atom is 0.119 e. The van der Waals surface area contributed by atoms with Crippen molar-refractivity contribution in [1.29, 1.82) is 0 Å². The van der Waals surface area contributed by atoms with Crippen LogP contribution in [0.4, 0.5) is 0 Å². The Labute approximate surface area is 112 Å². The van der Waals surface area contributed by atoms with Crippen LogP contribution < -0.4 is 10.1 Å². The van der Waals surface area contributed by atoms with E-state index in [4.69, 9.17) is 4.74 Å². The van der Waals surface area contributed by atoms with Gasteiger partial charge < -0.3 is 10.1 Å². The van der Waals surface area contributed by atoms with Gasteiger partial charge in [-0.05, 0) is 32.0 Å².